The highest BCUT2D eigenvalue weighted by Crippen LogP contribution is 2.29. The molecule has 0 aromatic carbocycles. The molecule has 0 aliphatic carbocycles. The van der Waals surface area contributed by atoms with Crippen molar-refractivity contribution < 1.29 is 9.53 Å². The van der Waals surface area contributed by atoms with Gasteiger partial charge in [0.05, 0.1) is 0 Å². The van der Waals surface area contributed by atoms with Crippen LogP contribution in [0.15, 0.2) is 0 Å². The molecule has 0 spiro atoms. The second kappa shape index (κ2) is 7.78. The summed E-state index contributed by atoms with van der Waals surface area (Å²) in [7, 11) is 0. The van der Waals surface area contributed by atoms with E-state index in [2.05, 4.69) is 20.8 Å². The van der Waals surface area contributed by atoms with Gasteiger partial charge < -0.3 is 10.5 Å². The molecule has 3 heteroatoms. The van der Waals surface area contributed by atoms with Gasteiger partial charge in [-0.05, 0) is 45.1 Å². The van der Waals surface area contributed by atoms with Crippen molar-refractivity contribution in [3.05, 3.63) is 0 Å². The van der Waals surface area contributed by atoms with Gasteiger partial charge in [-0.1, -0.05) is 33.6 Å². The molecule has 0 unspecified atom stereocenters. The van der Waals surface area contributed by atoms with E-state index in [0.29, 0.717) is 6.42 Å². The van der Waals surface area contributed by atoms with Crippen LogP contribution in [-0.4, -0.2) is 18.1 Å². The number of carbonyl (C=O) groups is 1. The third-order valence-corrected chi connectivity index (χ3v) is 2.68. The summed E-state index contributed by atoms with van der Waals surface area (Å²) in [6.07, 6.45) is 5.52. The molecule has 0 amide bonds. The summed E-state index contributed by atoms with van der Waals surface area (Å²) < 4.78 is 5.56. The van der Waals surface area contributed by atoms with Gasteiger partial charge in [0.1, 0.15) is 5.60 Å². The highest BCUT2D eigenvalue weighted by molar-refractivity contribution is 5.69. The average molecular weight is 257 g/mol. The number of unbranched alkanes of at least 4 members (excludes halogenated alkanes) is 3. The first-order chi connectivity index (χ1) is 8.16. The maximum atomic E-state index is 11.7. The van der Waals surface area contributed by atoms with Gasteiger partial charge in [-0.2, -0.15) is 0 Å². The van der Waals surface area contributed by atoms with E-state index >= 15 is 0 Å². The van der Waals surface area contributed by atoms with Gasteiger partial charge in [0.2, 0.25) is 0 Å². The number of nitrogens with two attached hydrogens (primary N) is 1. The molecule has 0 bridgehead atoms. The third-order valence-electron chi connectivity index (χ3n) is 2.68. The van der Waals surface area contributed by atoms with Crippen molar-refractivity contribution in [2.45, 2.75) is 78.7 Å². The Balaban J connectivity index is 3.85. The molecule has 3 nitrogen and oxygen atoms in total. The number of hydrogen-bond donors (Lipinski definition) is 1. The molecule has 0 aliphatic rings. The van der Waals surface area contributed by atoms with Gasteiger partial charge in [0, 0.05) is 6.42 Å². The SMILES string of the molecule is CC(C)(C)CC(C)(C)OC(=O)CCCCCCN. The van der Waals surface area contributed by atoms with E-state index in [-0.39, 0.29) is 17.0 Å². The maximum absolute atomic E-state index is 11.7. The van der Waals surface area contributed by atoms with E-state index in [1.54, 1.807) is 0 Å². The fourth-order valence-corrected chi connectivity index (χ4v) is 2.44. The minimum atomic E-state index is -0.368. The molecule has 0 atom stereocenters. The van der Waals surface area contributed by atoms with Crippen molar-refractivity contribution in [3.8, 4) is 0 Å². The summed E-state index contributed by atoms with van der Waals surface area (Å²) >= 11 is 0. The summed E-state index contributed by atoms with van der Waals surface area (Å²) in [5, 5.41) is 0. The molecule has 0 aliphatic heterocycles. The van der Waals surface area contributed by atoms with Crippen LogP contribution in [0, 0.1) is 5.41 Å². The van der Waals surface area contributed by atoms with Gasteiger partial charge in [0.25, 0.3) is 0 Å². The molecule has 0 saturated carbocycles. The van der Waals surface area contributed by atoms with Gasteiger partial charge in [-0.3, -0.25) is 4.79 Å². The lowest BCUT2D eigenvalue weighted by Gasteiger charge is -2.32. The molecule has 0 saturated heterocycles. The van der Waals surface area contributed by atoms with Crippen LogP contribution in [0.2, 0.25) is 0 Å². The van der Waals surface area contributed by atoms with E-state index in [9.17, 15) is 4.79 Å². The standard InChI is InChI=1S/C15H31NO2/c1-14(2,3)12-15(4,5)18-13(17)10-8-6-7-9-11-16/h6-12,16H2,1-5H3. The minimum Gasteiger partial charge on any atom is -0.460 e. The lowest BCUT2D eigenvalue weighted by Crippen LogP contribution is -2.32. The van der Waals surface area contributed by atoms with Crippen LogP contribution in [0.5, 0.6) is 0 Å². The molecule has 0 fully saturated rings. The minimum absolute atomic E-state index is 0.0722. The molecule has 18 heavy (non-hydrogen) atoms. The molecule has 0 aromatic rings. The van der Waals surface area contributed by atoms with Crippen molar-refractivity contribution in [2.24, 2.45) is 11.1 Å². The van der Waals surface area contributed by atoms with Crippen LogP contribution in [0.1, 0.15) is 73.1 Å². The van der Waals surface area contributed by atoms with E-state index in [1.165, 1.54) is 0 Å². The third kappa shape index (κ3) is 10.6. The Labute approximate surface area is 112 Å². The van der Waals surface area contributed by atoms with Crippen molar-refractivity contribution in [3.63, 3.8) is 0 Å². The van der Waals surface area contributed by atoms with E-state index < -0.39 is 0 Å². The topological polar surface area (TPSA) is 52.3 Å². The van der Waals surface area contributed by atoms with Crippen LogP contribution in [-0.2, 0) is 9.53 Å². The molecular formula is C15H31NO2. The first-order valence-corrected chi connectivity index (χ1v) is 7.08. The number of esters is 1. The zero-order chi connectivity index (χ0) is 14.2. The summed E-state index contributed by atoms with van der Waals surface area (Å²) in [5.41, 5.74) is 5.22. The second-order valence-electron chi connectivity index (χ2n) is 6.92. The van der Waals surface area contributed by atoms with E-state index in [1.807, 2.05) is 13.8 Å². The highest BCUT2D eigenvalue weighted by Gasteiger charge is 2.28. The lowest BCUT2D eigenvalue weighted by molar-refractivity contribution is -0.159. The summed E-state index contributed by atoms with van der Waals surface area (Å²) in [6.45, 7) is 11.2. The maximum Gasteiger partial charge on any atom is 0.306 e. The largest absolute Gasteiger partial charge is 0.460 e. The fourth-order valence-electron chi connectivity index (χ4n) is 2.44. The monoisotopic (exact) mass is 257 g/mol. The van der Waals surface area contributed by atoms with Crippen molar-refractivity contribution in [1.82, 2.24) is 0 Å². The van der Waals surface area contributed by atoms with Crippen LogP contribution >= 0.6 is 0 Å². The molecule has 108 valence electrons. The van der Waals surface area contributed by atoms with Gasteiger partial charge in [-0.15, -0.1) is 0 Å². The van der Waals surface area contributed by atoms with Crippen LogP contribution < -0.4 is 5.73 Å². The quantitative estimate of drug-likeness (QED) is 0.533. The van der Waals surface area contributed by atoms with Crippen LogP contribution in [0.25, 0.3) is 0 Å². The molecule has 0 aromatic heterocycles. The van der Waals surface area contributed by atoms with E-state index in [0.717, 1.165) is 38.6 Å². The van der Waals surface area contributed by atoms with Gasteiger partial charge >= 0.3 is 5.97 Å². The Morgan fingerprint density at radius 2 is 1.56 bits per heavy atom. The van der Waals surface area contributed by atoms with Crippen molar-refractivity contribution >= 4 is 5.97 Å². The van der Waals surface area contributed by atoms with Crippen molar-refractivity contribution in [2.75, 3.05) is 6.54 Å². The Hall–Kier alpha value is -0.570. The van der Waals surface area contributed by atoms with Gasteiger partial charge in [0.15, 0.2) is 0 Å². The number of hydrogen-bond acceptors (Lipinski definition) is 3. The predicted molar refractivity (Wildman–Crippen MR) is 76.4 cm³/mol. The molecule has 0 heterocycles. The number of ether oxygens (including phenoxy) is 1. The summed E-state index contributed by atoms with van der Waals surface area (Å²) in [4.78, 5) is 11.7. The van der Waals surface area contributed by atoms with E-state index in [4.69, 9.17) is 10.5 Å². The number of carbonyl (C=O) groups excluding carboxylic acids is 1. The second-order valence-corrected chi connectivity index (χ2v) is 6.92. The lowest BCUT2D eigenvalue weighted by atomic mass is 9.83. The first-order valence-electron chi connectivity index (χ1n) is 7.08. The normalized spacial score (nSPS) is 12.6. The first kappa shape index (κ1) is 17.4. The zero-order valence-electron chi connectivity index (χ0n) is 12.8. The molecule has 0 rings (SSSR count). The molecule has 0 radical (unpaired) electrons. The van der Waals surface area contributed by atoms with Crippen LogP contribution in [0.4, 0.5) is 0 Å². The van der Waals surface area contributed by atoms with Gasteiger partial charge in [-0.25, -0.2) is 0 Å². The fraction of sp³-hybridized carbons (Fsp3) is 0.933. The predicted octanol–water partition coefficient (Wildman–Crippen LogP) is 3.65. The Kier molecular flexibility index (Phi) is 7.53. The van der Waals surface area contributed by atoms with Crippen molar-refractivity contribution in [1.29, 1.82) is 0 Å². The zero-order valence-corrected chi connectivity index (χ0v) is 12.8. The highest BCUT2D eigenvalue weighted by atomic mass is 16.6. The Bertz CT molecular complexity index is 241. The number of rotatable bonds is 8. The average Bonchev–Trinajstić information content (AvgIpc) is 2.12. The summed E-state index contributed by atoms with van der Waals surface area (Å²) in [5.74, 6) is -0.0722. The summed E-state index contributed by atoms with van der Waals surface area (Å²) in [6, 6.07) is 0. The molecular weight excluding hydrogens is 226 g/mol. The molecule has 2 N–H and O–H groups in total. The smallest absolute Gasteiger partial charge is 0.306 e. The van der Waals surface area contributed by atoms with Crippen LogP contribution in [0.3, 0.4) is 0 Å². The Morgan fingerprint density at radius 1 is 1.00 bits per heavy atom. The Morgan fingerprint density at radius 3 is 2.06 bits per heavy atom.